The van der Waals surface area contributed by atoms with E-state index in [1.54, 1.807) is 12.1 Å². The Morgan fingerprint density at radius 3 is 1.95 bits per heavy atom. The van der Waals surface area contributed by atoms with Crippen molar-refractivity contribution in [3.05, 3.63) is 71.3 Å². The van der Waals surface area contributed by atoms with E-state index < -0.39 is 0 Å². The van der Waals surface area contributed by atoms with Crippen molar-refractivity contribution in [2.45, 2.75) is 13.1 Å². The molecule has 2 rings (SSSR count). The number of nitrogen functional groups attached to an aromatic ring is 1. The summed E-state index contributed by atoms with van der Waals surface area (Å²) in [5, 5.41) is 12.9. The quantitative estimate of drug-likeness (QED) is 0.499. The van der Waals surface area contributed by atoms with Gasteiger partial charge in [0.2, 0.25) is 0 Å². The zero-order valence-electron chi connectivity index (χ0n) is 11.6. The van der Waals surface area contributed by atoms with Crippen molar-refractivity contribution in [3.8, 4) is 0 Å². The highest BCUT2D eigenvalue weighted by Crippen LogP contribution is 2.03. The van der Waals surface area contributed by atoms with Crippen LogP contribution >= 0.6 is 0 Å². The Labute approximate surface area is 123 Å². The fourth-order valence-electron chi connectivity index (χ4n) is 1.83. The van der Waals surface area contributed by atoms with Crippen LogP contribution in [0.1, 0.15) is 16.7 Å². The van der Waals surface area contributed by atoms with Crippen LogP contribution in [-0.2, 0) is 13.1 Å². The number of amidine groups is 1. The molecule has 5 nitrogen and oxygen atoms in total. The van der Waals surface area contributed by atoms with Crippen LogP contribution in [0.5, 0.6) is 0 Å². The van der Waals surface area contributed by atoms with Gasteiger partial charge in [0, 0.05) is 18.7 Å². The van der Waals surface area contributed by atoms with Gasteiger partial charge in [-0.05, 0) is 11.1 Å². The predicted octanol–water partition coefficient (Wildman–Crippen LogP) is 1.97. The molecule has 21 heavy (non-hydrogen) atoms. The van der Waals surface area contributed by atoms with Crippen LogP contribution in [0, 0.1) is 5.41 Å². The molecule has 0 spiro atoms. The molecule has 0 radical (unpaired) electrons. The smallest absolute Gasteiger partial charge is 0.315 e. The maximum atomic E-state index is 11.7. The molecule has 0 aliphatic carbocycles. The SMILES string of the molecule is N=C(N)c1ccc(CNC(=O)NCc2ccccc2)cc1. The Kier molecular flexibility index (Phi) is 4.93. The lowest BCUT2D eigenvalue weighted by Gasteiger charge is -2.08. The van der Waals surface area contributed by atoms with Crippen molar-refractivity contribution in [2.24, 2.45) is 5.73 Å². The first-order valence-electron chi connectivity index (χ1n) is 6.64. The first-order chi connectivity index (χ1) is 10.1. The standard InChI is InChI=1S/C16H18N4O/c17-15(18)14-8-6-13(7-9-14)11-20-16(21)19-10-12-4-2-1-3-5-12/h1-9H,10-11H2,(H3,17,18)(H2,19,20,21). The molecule has 5 N–H and O–H groups in total. The maximum absolute atomic E-state index is 11.7. The summed E-state index contributed by atoms with van der Waals surface area (Å²) in [7, 11) is 0. The fourth-order valence-corrected chi connectivity index (χ4v) is 1.83. The molecule has 0 aromatic heterocycles. The molecule has 0 bridgehead atoms. The topological polar surface area (TPSA) is 91.0 Å². The van der Waals surface area contributed by atoms with Crippen molar-refractivity contribution < 1.29 is 4.79 Å². The number of rotatable bonds is 5. The van der Waals surface area contributed by atoms with E-state index in [1.807, 2.05) is 42.5 Å². The molecule has 108 valence electrons. The number of amides is 2. The molecule has 0 heterocycles. The van der Waals surface area contributed by atoms with E-state index in [4.69, 9.17) is 11.1 Å². The van der Waals surface area contributed by atoms with Gasteiger partial charge in [-0.25, -0.2) is 4.79 Å². The Hall–Kier alpha value is -2.82. The number of hydrogen-bond acceptors (Lipinski definition) is 2. The number of carbonyl (C=O) groups excluding carboxylic acids is 1. The highest BCUT2D eigenvalue weighted by atomic mass is 16.2. The molecule has 2 amide bonds. The van der Waals surface area contributed by atoms with Gasteiger partial charge in [0.15, 0.2) is 0 Å². The third-order valence-electron chi connectivity index (χ3n) is 3.01. The summed E-state index contributed by atoms with van der Waals surface area (Å²) in [5.41, 5.74) is 8.07. The van der Waals surface area contributed by atoms with Gasteiger partial charge in [0.25, 0.3) is 0 Å². The lowest BCUT2D eigenvalue weighted by Crippen LogP contribution is -2.34. The van der Waals surface area contributed by atoms with Crippen LogP contribution in [0.3, 0.4) is 0 Å². The molecule has 0 aliphatic heterocycles. The second-order valence-corrected chi connectivity index (χ2v) is 4.63. The van der Waals surface area contributed by atoms with E-state index in [-0.39, 0.29) is 11.9 Å². The van der Waals surface area contributed by atoms with Gasteiger partial charge < -0.3 is 16.4 Å². The molecule has 0 unspecified atom stereocenters. The van der Waals surface area contributed by atoms with Crippen molar-refractivity contribution in [2.75, 3.05) is 0 Å². The summed E-state index contributed by atoms with van der Waals surface area (Å²) in [4.78, 5) is 11.7. The highest BCUT2D eigenvalue weighted by Gasteiger charge is 2.01. The Bertz CT molecular complexity index is 608. The maximum Gasteiger partial charge on any atom is 0.315 e. The number of urea groups is 1. The average Bonchev–Trinajstić information content (AvgIpc) is 2.52. The van der Waals surface area contributed by atoms with Crippen molar-refractivity contribution in [1.82, 2.24) is 10.6 Å². The molecule has 2 aromatic rings. The van der Waals surface area contributed by atoms with Crippen LogP contribution in [0.2, 0.25) is 0 Å². The first kappa shape index (κ1) is 14.6. The van der Waals surface area contributed by atoms with Crippen LogP contribution < -0.4 is 16.4 Å². The lowest BCUT2D eigenvalue weighted by molar-refractivity contribution is 0.240. The van der Waals surface area contributed by atoms with Gasteiger partial charge in [-0.3, -0.25) is 5.41 Å². The zero-order valence-corrected chi connectivity index (χ0v) is 11.6. The molecule has 5 heteroatoms. The molecular formula is C16H18N4O. The Balaban J connectivity index is 1.77. The molecule has 0 atom stereocenters. The summed E-state index contributed by atoms with van der Waals surface area (Å²) in [5.74, 6) is 0.0371. The molecule has 2 aromatic carbocycles. The van der Waals surface area contributed by atoms with Gasteiger partial charge in [-0.2, -0.15) is 0 Å². The van der Waals surface area contributed by atoms with Gasteiger partial charge in [-0.1, -0.05) is 54.6 Å². The van der Waals surface area contributed by atoms with Crippen LogP contribution in [-0.4, -0.2) is 11.9 Å². The summed E-state index contributed by atoms with van der Waals surface area (Å²) in [6.45, 7) is 0.925. The van der Waals surface area contributed by atoms with E-state index in [0.717, 1.165) is 11.1 Å². The molecule has 0 saturated carbocycles. The number of benzene rings is 2. The van der Waals surface area contributed by atoms with Crippen LogP contribution in [0.15, 0.2) is 54.6 Å². The van der Waals surface area contributed by atoms with Crippen LogP contribution in [0.4, 0.5) is 4.79 Å². The molecule has 0 fully saturated rings. The monoisotopic (exact) mass is 282 g/mol. The lowest BCUT2D eigenvalue weighted by atomic mass is 10.1. The summed E-state index contributed by atoms with van der Waals surface area (Å²) >= 11 is 0. The van der Waals surface area contributed by atoms with Crippen LogP contribution in [0.25, 0.3) is 0 Å². The van der Waals surface area contributed by atoms with E-state index in [0.29, 0.717) is 18.7 Å². The average molecular weight is 282 g/mol. The minimum Gasteiger partial charge on any atom is -0.384 e. The normalized spacial score (nSPS) is 9.90. The van der Waals surface area contributed by atoms with Gasteiger partial charge in [0.1, 0.15) is 5.84 Å². The van der Waals surface area contributed by atoms with Crippen molar-refractivity contribution >= 4 is 11.9 Å². The minimum atomic E-state index is -0.213. The van der Waals surface area contributed by atoms with E-state index in [1.165, 1.54) is 0 Å². The van der Waals surface area contributed by atoms with Gasteiger partial charge >= 0.3 is 6.03 Å². The molecular weight excluding hydrogens is 264 g/mol. The Morgan fingerprint density at radius 1 is 0.905 bits per heavy atom. The molecule has 0 saturated heterocycles. The number of nitrogens with one attached hydrogen (secondary N) is 3. The second-order valence-electron chi connectivity index (χ2n) is 4.63. The van der Waals surface area contributed by atoms with Crippen molar-refractivity contribution in [3.63, 3.8) is 0 Å². The van der Waals surface area contributed by atoms with Gasteiger partial charge in [-0.15, -0.1) is 0 Å². The zero-order chi connectivity index (χ0) is 15.1. The third-order valence-corrected chi connectivity index (χ3v) is 3.01. The summed E-state index contributed by atoms with van der Waals surface area (Å²) in [6.07, 6.45) is 0. The fraction of sp³-hybridized carbons (Fsp3) is 0.125. The van der Waals surface area contributed by atoms with E-state index in [2.05, 4.69) is 10.6 Å². The number of carbonyl (C=O) groups is 1. The van der Waals surface area contributed by atoms with E-state index >= 15 is 0 Å². The summed E-state index contributed by atoms with van der Waals surface area (Å²) in [6, 6.07) is 16.7. The van der Waals surface area contributed by atoms with Crippen molar-refractivity contribution in [1.29, 1.82) is 5.41 Å². The largest absolute Gasteiger partial charge is 0.384 e. The highest BCUT2D eigenvalue weighted by molar-refractivity contribution is 5.94. The summed E-state index contributed by atoms with van der Waals surface area (Å²) < 4.78 is 0. The number of nitrogens with two attached hydrogens (primary N) is 1. The third kappa shape index (κ3) is 4.65. The second kappa shape index (κ2) is 7.09. The first-order valence-corrected chi connectivity index (χ1v) is 6.64. The number of hydrogen-bond donors (Lipinski definition) is 4. The van der Waals surface area contributed by atoms with Gasteiger partial charge in [0.05, 0.1) is 0 Å². The minimum absolute atomic E-state index is 0.0371. The van der Waals surface area contributed by atoms with E-state index in [9.17, 15) is 4.79 Å². The molecule has 0 aliphatic rings. The Morgan fingerprint density at radius 2 is 1.43 bits per heavy atom. The predicted molar refractivity (Wildman–Crippen MR) is 83.0 cm³/mol.